The van der Waals surface area contributed by atoms with Crippen molar-refractivity contribution in [3.05, 3.63) is 42.0 Å². The first-order valence-corrected chi connectivity index (χ1v) is 9.80. The van der Waals surface area contributed by atoms with E-state index in [2.05, 4.69) is 36.2 Å². The van der Waals surface area contributed by atoms with E-state index in [0.29, 0.717) is 25.6 Å². The second kappa shape index (κ2) is 7.87. The van der Waals surface area contributed by atoms with Crippen LogP contribution in [0.3, 0.4) is 0 Å². The van der Waals surface area contributed by atoms with Crippen LogP contribution in [0.15, 0.2) is 36.4 Å². The molecule has 5 nitrogen and oxygen atoms in total. The molecule has 0 spiro atoms. The molecule has 2 saturated heterocycles. The molecule has 0 unspecified atom stereocenters. The van der Waals surface area contributed by atoms with Crippen molar-refractivity contribution >= 4 is 16.7 Å². The zero-order valence-electron chi connectivity index (χ0n) is 16.2. The number of morpholine rings is 1. The summed E-state index contributed by atoms with van der Waals surface area (Å²) in [5, 5.41) is 2.31. The van der Waals surface area contributed by atoms with Crippen molar-refractivity contribution in [1.29, 1.82) is 0 Å². The number of piperidine rings is 1. The molecule has 1 atom stereocenters. The molecule has 2 aliphatic rings. The van der Waals surface area contributed by atoms with E-state index >= 15 is 0 Å². The zero-order valence-corrected chi connectivity index (χ0v) is 16.2. The van der Waals surface area contributed by atoms with Gasteiger partial charge in [0.2, 0.25) is 5.91 Å². The number of likely N-dealkylation sites (tertiary alicyclic amines) is 1. The minimum atomic E-state index is -0.0551. The molecule has 1 amide bonds. The summed E-state index contributed by atoms with van der Waals surface area (Å²) in [5.41, 5.74) is 1.13. The monoisotopic (exact) mass is 368 g/mol. The Labute approximate surface area is 160 Å². The smallest absolute Gasteiger partial charge is 0.225 e. The highest BCUT2D eigenvalue weighted by Crippen LogP contribution is 2.29. The van der Waals surface area contributed by atoms with Crippen molar-refractivity contribution in [2.75, 3.05) is 46.9 Å². The van der Waals surface area contributed by atoms with Gasteiger partial charge >= 0.3 is 0 Å². The third kappa shape index (κ3) is 3.94. The van der Waals surface area contributed by atoms with Crippen molar-refractivity contribution < 1.29 is 14.3 Å². The number of carbonyl (C=O) groups excluding carboxylic acids is 1. The molecule has 5 heteroatoms. The van der Waals surface area contributed by atoms with Crippen LogP contribution in [0.2, 0.25) is 0 Å². The average Bonchev–Trinajstić information content (AvgIpc) is 2.73. The topological polar surface area (TPSA) is 42.0 Å². The van der Waals surface area contributed by atoms with Crippen LogP contribution in [0.4, 0.5) is 0 Å². The first-order valence-electron chi connectivity index (χ1n) is 9.80. The predicted molar refractivity (Wildman–Crippen MR) is 106 cm³/mol. The number of amides is 1. The van der Waals surface area contributed by atoms with Crippen LogP contribution < -0.4 is 4.74 Å². The summed E-state index contributed by atoms with van der Waals surface area (Å²) in [5.74, 6) is 1.34. The number of carbonyl (C=O) groups is 1. The molecule has 4 rings (SSSR count). The molecule has 0 radical (unpaired) electrons. The maximum atomic E-state index is 13.0. The van der Waals surface area contributed by atoms with E-state index in [9.17, 15) is 4.79 Å². The number of methoxy groups -OCH3 is 1. The van der Waals surface area contributed by atoms with Crippen molar-refractivity contribution in [3.63, 3.8) is 0 Å². The fourth-order valence-corrected chi connectivity index (χ4v) is 4.13. The van der Waals surface area contributed by atoms with Crippen LogP contribution in [0, 0.1) is 5.92 Å². The van der Waals surface area contributed by atoms with E-state index in [4.69, 9.17) is 9.47 Å². The lowest BCUT2D eigenvalue weighted by atomic mass is 9.95. The van der Waals surface area contributed by atoms with Gasteiger partial charge in [-0.25, -0.2) is 0 Å². The highest BCUT2D eigenvalue weighted by molar-refractivity contribution is 5.84. The molecule has 0 aromatic heterocycles. The van der Waals surface area contributed by atoms with Crippen LogP contribution in [-0.2, 0) is 9.53 Å². The largest absolute Gasteiger partial charge is 0.497 e. The summed E-state index contributed by atoms with van der Waals surface area (Å²) in [4.78, 5) is 17.3. The number of hydrogen-bond donors (Lipinski definition) is 0. The SMILES string of the molecule is COc1ccc2cc([C@H]3CN(C(=O)C4CCN(C)CC4)CCO3)ccc2c1. The fourth-order valence-electron chi connectivity index (χ4n) is 4.13. The van der Waals surface area contributed by atoms with Crippen LogP contribution in [0.5, 0.6) is 5.75 Å². The molecule has 0 bridgehead atoms. The first kappa shape index (κ1) is 18.3. The molecule has 27 heavy (non-hydrogen) atoms. The highest BCUT2D eigenvalue weighted by Gasteiger charge is 2.31. The quantitative estimate of drug-likeness (QED) is 0.835. The first-order chi connectivity index (χ1) is 13.1. The molecule has 0 N–H and O–H groups in total. The number of fused-ring (bicyclic) bond motifs is 1. The Hall–Kier alpha value is -2.11. The van der Waals surface area contributed by atoms with E-state index in [1.165, 1.54) is 0 Å². The van der Waals surface area contributed by atoms with E-state index in [-0.39, 0.29) is 12.0 Å². The van der Waals surface area contributed by atoms with Crippen LogP contribution in [0.25, 0.3) is 10.8 Å². The molecule has 2 fully saturated rings. The van der Waals surface area contributed by atoms with E-state index < -0.39 is 0 Å². The molecule has 144 valence electrons. The van der Waals surface area contributed by atoms with Crippen molar-refractivity contribution in [2.45, 2.75) is 18.9 Å². The van der Waals surface area contributed by atoms with Crippen LogP contribution in [0.1, 0.15) is 24.5 Å². The molecule has 2 aromatic rings. The third-order valence-corrected chi connectivity index (χ3v) is 5.89. The van der Waals surface area contributed by atoms with Gasteiger partial charge in [0, 0.05) is 12.5 Å². The molecule has 0 aliphatic carbocycles. The van der Waals surface area contributed by atoms with E-state index in [1.807, 2.05) is 17.0 Å². The number of ether oxygens (including phenoxy) is 2. The zero-order chi connectivity index (χ0) is 18.8. The Kier molecular flexibility index (Phi) is 5.32. The minimum absolute atomic E-state index is 0.0551. The highest BCUT2D eigenvalue weighted by atomic mass is 16.5. The maximum Gasteiger partial charge on any atom is 0.225 e. The number of hydrogen-bond acceptors (Lipinski definition) is 4. The number of nitrogens with zero attached hydrogens (tertiary/aromatic N) is 2. The Morgan fingerprint density at radius 1 is 1.07 bits per heavy atom. The van der Waals surface area contributed by atoms with Crippen LogP contribution >= 0.6 is 0 Å². The Morgan fingerprint density at radius 3 is 2.59 bits per heavy atom. The van der Waals surface area contributed by atoms with Gasteiger partial charge in [-0.15, -0.1) is 0 Å². The number of benzene rings is 2. The summed E-state index contributed by atoms with van der Waals surface area (Å²) < 4.78 is 11.3. The van der Waals surface area contributed by atoms with Gasteiger partial charge in [-0.1, -0.05) is 18.2 Å². The van der Waals surface area contributed by atoms with Gasteiger partial charge in [0.1, 0.15) is 11.9 Å². The van der Waals surface area contributed by atoms with Crippen molar-refractivity contribution in [1.82, 2.24) is 9.80 Å². The molecule has 0 saturated carbocycles. The van der Waals surface area contributed by atoms with Gasteiger partial charge in [0.25, 0.3) is 0 Å². The van der Waals surface area contributed by atoms with Crippen molar-refractivity contribution in [2.24, 2.45) is 5.92 Å². The van der Waals surface area contributed by atoms with Gasteiger partial charge in [0.15, 0.2) is 0 Å². The molecule has 2 aliphatic heterocycles. The summed E-state index contributed by atoms with van der Waals surface area (Å²) in [6.45, 7) is 3.97. The fraction of sp³-hybridized carbons (Fsp3) is 0.500. The second-order valence-corrected chi connectivity index (χ2v) is 7.69. The summed E-state index contributed by atoms with van der Waals surface area (Å²) in [7, 11) is 3.81. The molecule has 2 aromatic carbocycles. The molecular formula is C22H28N2O3. The summed E-state index contributed by atoms with van der Waals surface area (Å²) >= 11 is 0. The standard InChI is InChI=1S/C22H28N2O3/c1-23-9-7-16(8-10-23)22(25)24-11-12-27-21(15-24)19-4-3-18-14-20(26-2)6-5-17(18)13-19/h3-6,13-14,16,21H,7-12,15H2,1-2H3/t21-/m1/s1. The summed E-state index contributed by atoms with van der Waals surface area (Å²) in [6.07, 6.45) is 1.88. The maximum absolute atomic E-state index is 13.0. The van der Waals surface area contributed by atoms with Gasteiger partial charge < -0.3 is 19.3 Å². The minimum Gasteiger partial charge on any atom is -0.497 e. The lowest BCUT2D eigenvalue weighted by Gasteiger charge is -2.37. The Balaban J connectivity index is 1.47. The normalized spacial score (nSPS) is 22.1. The summed E-state index contributed by atoms with van der Waals surface area (Å²) in [6, 6.07) is 12.5. The predicted octanol–water partition coefficient (Wildman–Crippen LogP) is 3.09. The Morgan fingerprint density at radius 2 is 1.81 bits per heavy atom. The Bertz CT molecular complexity index is 814. The van der Waals surface area contributed by atoms with Gasteiger partial charge in [-0.3, -0.25) is 4.79 Å². The van der Waals surface area contributed by atoms with Crippen LogP contribution in [-0.4, -0.2) is 62.7 Å². The lowest BCUT2D eigenvalue weighted by Crippen LogP contribution is -2.47. The molecular weight excluding hydrogens is 340 g/mol. The van der Waals surface area contributed by atoms with Gasteiger partial charge in [-0.05, 0) is 67.5 Å². The third-order valence-electron chi connectivity index (χ3n) is 5.89. The van der Waals surface area contributed by atoms with Crippen molar-refractivity contribution in [3.8, 4) is 5.75 Å². The average molecular weight is 368 g/mol. The van der Waals surface area contributed by atoms with Gasteiger partial charge in [-0.2, -0.15) is 0 Å². The van der Waals surface area contributed by atoms with E-state index in [0.717, 1.165) is 48.0 Å². The van der Waals surface area contributed by atoms with Gasteiger partial charge in [0.05, 0.1) is 20.3 Å². The molecule has 2 heterocycles. The lowest BCUT2D eigenvalue weighted by molar-refractivity contribution is -0.144. The van der Waals surface area contributed by atoms with E-state index in [1.54, 1.807) is 7.11 Å². The number of rotatable bonds is 3. The second-order valence-electron chi connectivity index (χ2n) is 7.69.